The molecule has 0 atom stereocenters. The summed E-state index contributed by atoms with van der Waals surface area (Å²) in [5.74, 6) is 0. The van der Waals surface area contributed by atoms with Crippen LogP contribution in [0, 0.1) is 24.0 Å². The van der Waals surface area contributed by atoms with Gasteiger partial charge in [0.15, 0.2) is 10.2 Å². The van der Waals surface area contributed by atoms with Crippen LogP contribution in [0.4, 0.5) is 17.1 Å². The van der Waals surface area contributed by atoms with Crippen molar-refractivity contribution in [2.24, 2.45) is 0 Å². The van der Waals surface area contributed by atoms with Crippen LogP contribution in [-0.4, -0.2) is 15.1 Å². The predicted molar refractivity (Wildman–Crippen MR) is 108 cm³/mol. The summed E-state index contributed by atoms with van der Waals surface area (Å²) in [6.07, 6.45) is 0. The van der Waals surface area contributed by atoms with Gasteiger partial charge in [0.1, 0.15) is 0 Å². The quantitative estimate of drug-likeness (QED) is 0.369. The highest BCUT2D eigenvalue weighted by atomic mass is 32.1. The maximum Gasteiger partial charge on any atom is 0.269 e. The molecule has 2 aromatic rings. The van der Waals surface area contributed by atoms with Gasteiger partial charge in [-0.1, -0.05) is 12.1 Å². The van der Waals surface area contributed by atoms with E-state index in [2.05, 4.69) is 21.5 Å². The minimum atomic E-state index is -0.459. The Hall–Kier alpha value is -2.78. The smallest absolute Gasteiger partial charge is 0.269 e. The third kappa shape index (κ3) is 5.37. The van der Waals surface area contributed by atoms with Gasteiger partial charge in [0, 0.05) is 23.5 Å². The molecule has 0 saturated heterocycles. The molecule has 0 saturated carbocycles. The first-order valence-corrected chi connectivity index (χ1v) is 8.13. The number of aryl methyl sites for hydroxylation is 1. The van der Waals surface area contributed by atoms with Crippen LogP contribution in [0.1, 0.15) is 11.1 Å². The first-order chi connectivity index (χ1) is 11.9. The molecule has 0 spiro atoms. The molecule has 2 rings (SSSR count). The summed E-state index contributed by atoms with van der Waals surface area (Å²) in [6.45, 7) is 4.03. The van der Waals surface area contributed by atoms with Crippen molar-refractivity contribution in [3.8, 4) is 0 Å². The largest absolute Gasteiger partial charge is 0.331 e. The standard InChI is InChI=1S/C16H17N5O2S2/c1-10-4-3-5-14(11(10)2)18-16(25)20-19-15(24)17-12-6-8-13(9-7-12)21(22)23/h3-9H,1-2H3,(H2,17,19,24)(H2,18,20,25). The zero-order chi connectivity index (χ0) is 18.4. The Balaban J connectivity index is 1.84. The van der Waals surface area contributed by atoms with E-state index in [1.54, 1.807) is 12.1 Å². The highest BCUT2D eigenvalue weighted by Gasteiger charge is 2.06. The summed E-state index contributed by atoms with van der Waals surface area (Å²) in [5, 5.41) is 17.2. The maximum atomic E-state index is 10.6. The third-order valence-corrected chi connectivity index (χ3v) is 3.89. The van der Waals surface area contributed by atoms with Crippen LogP contribution in [0.2, 0.25) is 0 Å². The number of hydrazine groups is 1. The van der Waals surface area contributed by atoms with Crippen LogP contribution in [-0.2, 0) is 0 Å². The Kier molecular flexibility index (Phi) is 6.20. The van der Waals surface area contributed by atoms with Gasteiger partial charge >= 0.3 is 0 Å². The second-order valence-electron chi connectivity index (χ2n) is 5.21. The second kappa shape index (κ2) is 8.36. The zero-order valence-corrected chi connectivity index (χ0v) is 15.3. The number of nitrogens with one attached hydrogen (secondary N) is 4. The minimum absolute atomic E-state index is 0.0152. The van der Waals surface area contributed by atoms with Gasteiger partial charge in [0.2, 0.25) is 0 Å². The van der Waals surface area contributed by atoms with E-state index in [4.69, 9.17) is 24.4 Å². The molecule has 0 heterocycles. The van der Waals surface area contributed by atoms with Crippen molar-refractivity contribution in [3.05, 3.63) is 63.7 Å². The van der Waals surface area contributed by atoms with E-state index in [0.29, 0.717) is 10.8 Å². The molecule has 0 unspecified atom stereocenters. The van der Waals surface area contributed by atoms with Crippen molar-refractivity contribution < 1.29 is 4.92 Å². The lowest BCUT2D eigenvalue weighted by molar-refractivity contribution is -0.384. The van der Waals surface area contributed by atoms with E-state index in [-0.39, 0.29) is 10.8 Å². The first-order valence-electron chi connectivity index (χ1n) is 7.31. The van der Waals surface area contributed by atoms with E-state index in [1.807, 2.05) is 32.0 Å². The monoisotopic (exact) mass is 375 g/mol. The Morgan fingerprint density at radius 1 is 0.960 bits per heavy atom. The molecule has 0 aliphatic carbocycles. The van der Waals surface area contributed by atoms with Gasteiger partial charge in [-0.25, -0.2) is 0 Å². The summed E-state index contributed by atoms with van der Waals surface area (Å²) in [7, 11) is 0. The van der Waals surface area contributed by atoms with Crippen LogP contribution >= 0.6 is 24.4 Å². The topological polar surface area (TPSA) is 91.3 Å². The minimum Gasteiger partial charge on any atom is -0.331 e. The predicted octanol–water partition coefficient (Wildman–Crippen LogP) is 3.40. The molecule has 9 heteroatoms. The number of non-ortho nitro benzene ring substituents is 1. The Morgan fingerprint density at radius 3 is 2.16 bits per heavy atom. The van der Waals surface area contributed by atoms with Crippen molar-refractivity contribution in [1.82, 2.24) is 10.9 Å². The molecule has 0 aromatic heterocycles. The average Bonchev–Trinajstić information content (AvgIpc) is 2.58. The number of nitro benzene ring substituents is 1. The number of hydrogen-bond acceptors (Lipinski definition) is 4. The van der Waals surface area contributed by atoms with Crippen molar-refractivity contribution in [2.75, 3.05) is 10.6 Å². The van der Waals surface area contributed by atoms with Crippen molar-refractivity contribution in [3.63, 3.8) is 0 Å². The molecule has 0 amide bonds. The first kappa shape index (κ1) is 18.6. The van der Waals surface area contributed by atoms with E-state index in [1.165, 1.54) is 12.1 Å². The van der Waals surface area contributed by atoms with Crippen LogP contribution in [0.5, 0.6) is 0 Å². The molecule has 0 fully saturated rings. The number of benzene rings is 2. The van der Waals surface area contributed by atoms with Gasteiger partial charge in [0.05, 0.1) is 4.92 Å². The number of anilines is 2. The molecule has 7 nitrogen and oxygen atoms in total. The Labute approximate surface area is 155 Å². The molecule has 0 radical (unpaired) electrons. The number of hydrogen-bond donors (Lipinski definition) is 4. The van der Waals surface area contributed by atoms with Crippen LogP contribution in [0.3, 0.4) is 0 Å². The fraction of sp³-hybridized carbons (Fsp3) is 0.125. The number of nitro groups is 1. The van der Waals surface area contributed by atoms with Crippen LogP contribution < -0.4 is 21.5 Å². The van der Waals surface area contributed by atoms with Crippen molar-refractivity contribution in [2.45, 2.75) is 13.8 Å². The molecule has 130 valence electrons. The van der Waals surface area contributed by atoms with Crippen LogP contribution in [0.15, 0.2) is 42.5 Å². The van der Waals surface area contributed by atoms with Crippen LogP contribution in [0.25, 0.3) is 0 Å². The lowest BCUT2D eigenvalue weighted by Gasteiger charge is -2.16. The average molecular weight is 375 g/mol. The summed E-state index contributed by atoms with van der Waals surface area (Å²) >= 11 is 10.4. The molecule has 0 aliphatic heterocycles. The van der Waals surface area contributed by atoms with Gasteiger partial charge in [-0.05, 0) is 67.6 Å². The molecular weight excluding hydrogens is 358 g/mol. The molecular formula is C16H17N5O2S2. The molecule has 0 bridgehead atoms. The maximum absolute atomic E-state index is 10.6. The summed E-state index contributed by atoms with van der Waals surface area (Å²) in [6, 6.07) is 11.8. The van der Waals surface area contributed by atoms with Gasteiger partial charge in [0.25, 0.3) is 5.69 Å². The summed E-state index contributed by atoms with van der Waals surface area (Å²) < 4.78 is 0. The normalized spacial score (nSPS) is 9.84. The highest BCUT2D eigenvalue weighted by molar-refractivity contribution is 7.81. The lowest BCUT2D eigenvalue weighted by Crippen LogP contribution is -2.45. The Morgan fingerprint density at radius 2 is 1.56 bits per heavy atom. The Bertz CT molecular complexity index is 809. The number of nitrogens with zero attached hydrogens (tertiary/aromatic N) is 1. The van der Waals surface area contributed by atoms with Crippen molar-refractivity contribution >= 4 is 51.7 Å². The lowest BCUT2D eigenvalue weighted by atomic mass is 10.1. The third-order valence-electron chi connectivity index (χ3n) is 3.48. The van der Waals surface area contributed by atoms with E-state index in [9.17, 15) is 10.1 Å². The second-order valence-corrected chi connectivity index (χ2v) is 6.03. The van der Waals surface area contributed by atoms with Gasteiger partial charge in [-0.15, -0.1) is 0 Å². The fourth-order valence-electron chi connectivity index (χ4n) is 1.98. The van der Waals surface area contributed by atoms with Crippen molar-refractivity contribution in [1.29, 1.82) is 0 Å². The SMILES string of the molecule is Cc1cccc(NC(=S)NNC(=S)Nc2ccc([N+](=O)[O-])cc2)c1C. The number of thiocarbonyl (C=S) groups is 2. The van der Waals surface area contributed by atoms with Gasteiger partial charge in [-0.3, -0.25) is 21.0 Å². The summed E-state index contributed by atoms with van der Waals surface area (Å²) in [5.41, 5.74) is 9.36. The summed E-state index contributed by atoms with van der Waals surface area (Å²) in [4.78, 5) is 10.2. The van der Waals surface area contributed by atoms with E-state index >= 15 is 0 Å². The molecule has 4 N–H and O–H groups in total. The fourth-order valence-corrected chi connectivity index (χ4v) is 2.31. The van der Waals surface area contributed by atoms with E-state index < -0.39 is 4.92 Å². The molecule has 2 aromatic carbocycles. The van der Waals surface area contributed by atoms with E-state index in [0.717, 1.165) is 16.8 Å². The molecule has 0 aliphatic rings. The number of rotatable bonds is 3. The van der Waals surface area contributed by atoms with Gasteiger partial charge < -0.3 is 10.6 Å². The highest BCUT2D eigenvalue weighted by Crippen LogP contribution is 2.17. The van der Waals surface area contributed by atoms with Gasteiger partial charge in [-0.2, -0.15) is 0 Å². The molecule has 25 heavy (non-hydrogen) atoms. The zero-order valence-electron chi connectivity index (χ0n) is 13.6.